The Morgan fingerprint density at radius 3 is 2.74 bits per heavy atom. The minimum Gasteiger partial charge on any atom is -0.383 e. The molecule has 3 atom stereocenters. The Kier molecular flexibility index (Phi) is 5.22. The molecule has 2 aliphatic rings. The van der Waals surface area contributed by atoms with Crippen molar-refractivity contribution in [2.45, 2.75) is 23.1 Å². The number of amidine groups is 1. The molecule has 4 rings (SSSR count). The molecular weight excluding hydrogens is 453 g/mol. The number of halogens is 4. The van der Waals surface area contributed by atoms with Gasteiger partial charge in [0, 0.05) is 24.6 Å². The molecule has 0 unspecified atom stereocenters. The largest absolute Gasteiger partial charge is 0.383 e. The molecule has 0 radical (unpaired) electrons. The number of aromatic nitrogens is 1. The van der Waals surface area contributed by atoms with E-state index in [-0.39, 0.29) is 28.7 Å². The molecule has 1 aliphatic heterocycles. The second-order valence-corrected chi connectivity index (χ2v) is 9.38. The van der Waals surface area contributed by atoms with Crippen molar-refractivity contribution in [3.8, 4) is 0 Å². The summed E-state index contributed by atoms with van der Waals surface area (Å²) in [5, 5.41) is 2.88. The molecule has 1 amide bonds. The van der Waals surface area contributed by atoms with Crippen molar-refractivity contribution in [2.75, 3.05) is 19.0 Å². The van der Waals surface area contributed by atoms with Crippen molar-refractivity contribution < 1.29 is 22.7 Å². The normalized spacial score (nSPS) is 28.5. The van der Waals surface area contributed by atoms with Crippen LogP contribution in [0.1, 0.15) is 23.0 Å². The van der Waals surface area contributed by atoms with Crippen LogP contribution in [0.5, 0.6) is 0 Å². The van der Waals surface area contributed by atoms with E-state index in [0.717, 1.165) is 17.8 Å². The summed E-state index contributed by atoms with van der Waals surface area (Å²) >= 11 is 6.52. The number of nitrogens with two attached hydrogens (primary N) is 1. The van der Waals surface area contributed by atoms with Gasteiger partial charge in [-0.1, -0.05) is 23.4 Å². The van der Waals surface area contributed by atoms with Crippen LogP contribution in [0.4, 0.5) is 18.9 Å². The molecule has 2 heterocycles. The summed E-state index contributed by atoms with van der Waals surface area (Å²) < 4.78 is 48.2. The fourth-order valence-electron chi connectivity index (χ4n) is 4.21. The third-order valence-corrected chi connectivity index (χ3v) is 7.10. The number of nitrogens with zero attached hydrogens (tertiary/aromatic N) is 2. The van der Waals surface area contributed by atoms with Gasteiger partial charge in [-0.25, -0.2) is 18.2 Å². The van der Waals surface area contributed by atoms with E-state index in [1.54, 1.807) is 0 Å². The van der Waals surface area contributed by atoms with E-state index < -0.39 is 33.9 Å². The molecule has 1 aliphatic carbocycles. The van der Waals surface area contributed by atoms with Crippen LogP contribution in [0.3, 0.4) is 0 Å². The molecule has 31 heavy (non-hydrogen) atoms. The van der Waals surface area contributed by atoms with Crippen LogP contribution >= 0.6 is 23.4 Å². The number of benzene rings is 1. The molecule has 0 spiro atoms. The first kappa shape index (κ1) is 21.9. The standard InChI is InChI=1S/C20H18ClF3N4O2S/c1-18(16-19(9-30-2,20(16,23)24)31-17(25)28-18)12-7-11(4-5-13(12)22)27-15(29)14-6-3-10(21)8-26-14/h3-8,16H,9H2,1-2H3,(H2,25,28)(H,27,29)/t16-,18-,19+/m0/s1. The lowest BCUT2D eigenvalue weighted by molar-refractivity contribution is 0.0636. The molecule has 164 valence electrons. The van der Waals surface area contributed by atoms with Crippen LogP contribution < -0.4 is 11.1 Å². The first-order chi connectivity index (χ1) is 14.5. The molecular formula is C20H18ClF3N4O2S. The van der Waals surface area contributed by atoms with Crippen LogP contribution in [0, 0.1) is 11.7 Å². The Bertz CT molecular complexity index is 1080. The van der Waals surface area contributed by atoms with Crippen molar-refractivity contribution in [3.05, 3.63) is 58.6 Å². The number of aliphatic imine (C=N–C) groups is 1. The van der Waals surface area contributed by atoms with E-state index in [4.69, 9.17) is 22.1 Å². The van der Waals surface area contributed by atoms with Gasteiger partial charge in [-0.15, -0.1) is 0 Å². The van der Waals surface area contributed by atoms with E-state index in [0.29, 0.717) is 5.02 Å². The van der Waals surface area contributed by atoms with Crippen molar-refractivity contribution >= 4 is 40.1 Å². The summed E-state index contributed by atoms with van der Waals surface area (Å²) in [6.07, 6.45) is 1.31. The predicted octanol–water partition coefficient (Wildman–Crippen LogP) is 4.05. The number of fused-ring (bicyclic) bond motifs is 1. The van der Waals surface area contributed by atoms with Crippen LogP contribution in [-0.4, -0.2) is 40.4 Å². The monoisotopic (exact) mass is 470 g/mol. The molecule has 0 bridgehead atoms. The Balaban J connectivity index is 1.70. The van der Waals surface area contributed by atoms with Crippen molar-refractivity contribution in [2.24, 2.45) is 16.6 Å². The van der Waals surface area contributed by atoms with E-state index >= 15 is 0 Å². The van der Waals surface area contributed by atoms with Gasteiger partial charge in [0.25, 0.3) is 11.8 Å². The minimum atomic E-state index is -3.17. The lowest BCUT2D eigenvalue weighted by Gasteiger charge is -2.32. The summed E-state index contributed by atoms with van der Waals surface area (Å²) in [5.74, 6) is -5.80. The van der Waals surface area contributed by atoms with Gasteiger partial charge in [-0.05, 0) is 37.3 Å². The number of rotatable bonds is 5. The molecule has 1 saturated carbocycles. The highest BCUT2D eigenvalue weighted by Crippen LogP contribution is 2.74. The average molecular weight is 471 g/mol. The fraction of sp³-hybridized carbons (Fsp3) is 0.350. The zero-order chi connectivity index (χ0) is 22.6. The van der Waals surface area contributed by atoms with E-state index in [9.17, 15) is 18.0 Å². The third kappa shape index (κ3) is 3.37. The number of thioether (sulfide) groups is 1. The third-order valence-electron chi connectivity index (χ3n) is 5.59. The maximum Gasteiger partial charge on any atom is 0.274 e. The van der Waals surface area contributed by atoms with Crippen LogP contribution in [0.15, 0.2) is 41.5 Å². The number of ether oxygens (including phenoxy) is 1. The number of pyridine rings is 1. The van der Waals surface area contributed by atoms with Crippen LogP contribution in [0.25, 0.3) is 0 Å². The smallest absolute Gasteiger partial charge is 0.274 e. The molecule has 0 saturated heterocycles. The average Bonchev–Trinajstić information content (AvgIpc) is 3.18. The van der Waals surface area contributed by atoms with Gasteiger partial charge < -0.3 is 15.8 Å². The van der Waals surface area contributed by atoms with Gasteiger partial charge in [0.1, 0.15) is 16.3 Å². The van der Waals surface area contributed by atoms with Gasteiger partial charge in [0.2, 0.25) is 0 Å². The van der Waals surface area contributed by atoms with Gasteiger partial charge in [0.15, 0.2) is 5.17 Å². The molecule has 6 nitrogen and oxygen atoms in total. The molecule has 2 aromatic rings. The highest BCUT2D eigenvalue weighted by atomic mass is 35.5. The zero-order valence-electron chi connectivity index (χ0n) is 16.5. The van der Waals surface area contributed by atoms with E-state index in [1.807, 2.05) is 0 Å². The summed E-state index contributed by atoms with van der Waals surface area (Å²) in [5.41, 5.74) is 4.41. The summed E-state index contributed by atoms with van der Waals surface area (Å²) in [6, 6.07) is 6.65. The molecule has 1 fully saturated rings. The van der Waals surface area contributed by atoms with Crippen LogP contribution in [0.2, 0.25) is 5.02 Å². The topological polar surface area (TPSA) is 89.6 Å². The second kappa shape index (κ2) is 7.39. The Hall–Kier alpha value is -2.30. The number of amides is 1. The van der Waals surface area contributed by atoms with Crippen molar-refractivity contribution in [3.63, 3.8) is 0 Å². The quantitative estimate of drug-likeness (QED) is 0.688. The van der Waals surface area contributed by atoms with Gasteiger partial charge in [0.05, 0.1) is 23.1 Å². The summed E-state index contributed by atoms with van der Waals surface area (Å²) in [7, 11) is 1.32. The first-order valence-electron chi connectivity index (χ1n) is 9.19. The minimum absolute atomic E-state index is 0.0767. The number of carbonyl (C=O) groups is 1. The Morgan fingerprint density at radius 2 is 2.10 bits per heavy atom. The number of carbonyl (C=O) groups excluding carboxylic acids is 1. The van der Waals surface area contributed by atoms with Crippen molar-refractivity contribution in [1.29, 1.82) is 0 Å². The molecule has 1 aromatic carbocycles. The molecule has 1 aromatic heterocycles. The lowest BCUT2D eigenvalue weighted by Crippen LogP contribution is -2.37. The predicted molar refractivity (Wildman–Crippen MR) is 113 cm³/mol. The maximum atomic E-state index is 15.0. The highest BCUT2D eigenvalue weighted by Gasteiger charge is 2.87. The summed E-state index contributed by atoms with van der Waals surface area (Å²) in [4.78, 5) is 20.6. The van der Waals surface area contributed by atoms with E-state index in [1.165, 1.54) is 44.5 Å². The number of alkyl halides is 2. The highest BCUT2D eigenvalue weighted by molar-refractivity contribution is 8.15. The zero-order valence-corrected chi connectivity index (χ0v) is 18.0. The Labute approximate surface area is 185 Å². The SMILES string of the molecule is COC[C@@]12SC(N)=N[C@@](C)(c3cc(NC(=O)c4ccc(Cl)cn4)ccc3F)[C@@H]1C2(F)F. The fourth-order valence-corrected chi connectivity index (χ4v) is 5.79. The number of hydrogen-bond donors (Lipinski definition) is 2. The molecule has 11 heteroatoms. The second-order valence-electron chi connectivity index (χ2n) is 7.59. The van der Waals surface area contributed by atoms with E-state index in [2.05, 4.69) is 15.3 Å². The van der Waals surface area contributed by atoms with Gasteiger partial charge in [-0.2, -0.15) is 0 Å². The number of methoxy groups -OCH3 is 1. The number of nitrogens with one attached hydrogen (secondary N) is 1. The summed E-state index contributed by atoms with van der Waals surface area (Å²) in [6.45, 7) is 1.15. The van der Waals surface area contributed by atoms with Gasteiger partial charge in [-0.3, -0.25) is 9.79 Å². The molecule has 3 N–H and O–H groups in total. The van der Waals surface area contributed by atoms with Gasteiger partial charge >= 0.3 is 0 Å². The Morgan fingerprint density at radius 1 is 1.35 bits per heavy atom. The number of hydrogen-bond acceptors (Lipinski definition) is 6. The first-order valence-corrected chi connectivity index (χ1v) is 10.4. The van der Waals surface area contributed by atoms with Crippen molar-refractivity contribution in [1.82, 2.24) is 4.98 Å². The maximum absolute atomic E-state index is 15.0. The lowest BCUT2D eigenvalue weighted by atomic mass is 9.85. The van der Waals surface area contributed by atoms with Crippen LogP contribution in [-0.2, 0) is 10.3 Å². The number of anilines is 1.